The number of amides is 1. The van der Waals surface area contributed by atoms with Gasteiger partial charge in [0.25, 0.3) is 5.91 Å². The number of aromatic nitrogens is 1. The number of aryl methyl sites for hydroxylation is 1. The third kappa shape index (κ3) is 3.94. The zero-order valence-corrected chi connectivity index (χ0v) is 14.7. The number of pyridine rings is 1. The highest BCUT2D eigenvalue weighted by molar-refractivity contribution is 7.99. The Bertz CT molecular complexity index is 680. The number of nitrogens with one attached hydrogen (secondary N) is 1. The number of hydrogen-bond acceptors (Lipinski definition) is 5. The Labute approximate surface area is 144 Å². The van der Waals surface area contributed by atoms with Gasteiger partial charge in [-0.1, -0.05) is 0 Å². The molecule has 0 spiro atoms. The molecular formula is C17H20N2O2S2. The number of thioether (sulfide) groups is 1. The second kappa shape index (κ2) is 7.03. The first-order valence-electron chi connectivity index (χ1n) is 7.66. The highest BCUT2D eigenvalue weighted by Crippen LogP contribution is 2.26. The van der Waals surface area contributed by atoms with Crippen LogP contribution in [-0.4, -0.2) is 39.6 Å². The standard InChI is InChI=1S/C17H20N2O2S2/c1-12-14(2-3-15(19-12)13-4-7-23-10-13)16(20)18-11-17(21)5-8-22-9-6-17/h2-4,7,10,21H,5-6,8-9,11H2,1H3,(H,18,20). The van der Waals surface area contributed by atoms with E-state index in [2.05, 4.69) is 10.3 Å². The number of carbonyl (C=O) groups is 1. The van der Waals surface area contributed by atoms with Gasteiger partial charge in [-0.05, 0) is 54.9 Å². The molecule has 4 nitrogen and oxygen atoms in total. The van der Waals surface area contributed by atoms with Crippen molar-refractivity contribution in [3.8, 4) is 11.3 Å². The quantitative estimate of drug-likeness (QED) is 0.891. The van der Waals surface area contributed by atoms with Crippen molar-refractivity contribution in [3.05, 3.63) is 40.2 Å². The minimum atomic E-state index is -0.765. The number of nitrogens with zero attached hydrogens (tertiary/aromatic N) is 1. The summed E-state index contributed by atoms with van der Waals surface area (Å²) in [5.74, 6) is 1.73. The van der Waals surface area contributed by atoms with Crippen molar-refractivity contribution in [3.63, 3.8) is 0 Å². The van der Waals surface area contributed by atoms with Gasteiger partial charge in [0.1, 0.15) is 0 Å². The fourth-order valence-electron chi connectivity index (χ4n) is 2.64. The van der Waals surface area contributed by atoms with Gasteiger partial charge in [0.15, 0.2) is 0 Å². The molecule has 122 valence electrons. The maximum absolute atomic E-state index is 12.4. The molecule has 0 bridgehead atoms. The summed E-state index contributed by atoms with van der Waals surface area (Å²) in [6.07, 6.45) is 1.46. The first-order valence-corrected chi connectivity index (χ1v) is 9.76. The largest absolute Gasteiger partial charge is 0.388 e. The van der Waals surface area contributed by atoms with Crippen LogP contribution in [0.3, 0.4) is 0 Å². The van der Waals surface area contributed by atoms with Crippen LogP contribution in [0.4, 0.5) is 0 Å². The van der Waals surface area contributed by atoms with Gasteiger partial charge in [0.05, 0.1) is 22.6 Å². The molecule has 0 aliphatic carbocycles. The van der Waals surface area contributed by atoms with Crippen molar-refractivity contribution >= 4 is 29.0 Å². The molecule has 23 heavy (non-hydrogen) atoms. The Morgan fingerprint density at radius 1 is 1.35 bits per heavy atom. The van der Waals surface area contributed by atoms with Crippen molar-refractivity contribution in [2.45, 2.75) is 25.4 Å². The van der Waals surface area contributed by atoms with Gasteiger partial charge < -0.3 is 10.4 Å². The lowest BCUT2D eigenvalue weighted by Gasteiger charge is -2.31. The van der Waals surface area contributed by atoms with Crippen LogP contribution < -0.4 is 5.32 Å². The second-order valence-corrected chi connectivity index (χ2v) is 7.87. The Kier molecular flexibility index (Phi) is 5.04. The van der Waals surface area contributed by atoms with Gasteiger partial charge in [-0.2, -0.15) is 23.1 Å². The Morgan fingerprint density at radius 3 is 2.78 bits per heavy atom. The molecule has 2 N–H and O–H groups in total. The average molecular weight is 348 g/mol. The molecule has 6 heteroatoms. The first-order chi connectivity index (χ1) is 11.1. The van der Waals surface area contributed by atoms with Crippen molar-refractivity contribution < 1.29 is 9.90 Å². The van der Waals surface area contributed by atoms with Gasteiger partial charge in [0.2, 0.25) is 0 Å². The third-order valence-corrected chi connectivity index (χ3v) is 5.82. The van der Waals surface area contributed by atoms with Crippen LogP contribution >= 0.6 is 23.1 Å². The van der Waals surface area contributed by atoms with Crippen LogP contribution in [0.25, 0.3) is 11.3 Å². The Hall–Kier alpha value is -1.37. The number of rotatable bonds is 4. The van der Waals surface area contributed by atoms with Gasteiger partial charge in [0, 0.05) is 17.5 Å². The molecule has 1 fully saturated rings. The molecule has 0 atom stereocenters. The smallest absolute Gasteiger partial charge is 0.253 e. The molecule has 3 heterocycles. The first kappa shape index (κ1) is 16.5. The van der Waals surface area contributed by atoms with Gasteiger partial charge in [-0.25, -0.2) is 0 Å². The molecular weight excluding hydrogens is 328 g/mol. The molecule has 0 saturated carbocycles. The van der Waals surface area contributed by atoms with Gasteiger partial charge in [-0.15, -0.1) is 0 Å². The lowest BCUT2D eigenvalue weighted by molar-refractivity contribution is 0.0311. The lowest BCUT2D eigenvalue weighted by atomic mass is 9.96. The zero-order valence-electron chi connectivity index (χ0n) is 13.0. The molecule has 0 unspecified atom stereocenters. The highest BCUT2D eigenvalue weighted by atomic mass is 32.2. The molecule has 2 aromatic rings. The maximum atomic E-state index is 12.4. The van der Waals surface area contributed by atoms with E-state index in [1.807, 2.05) is 47.6 Å². The molecule has 1 amide bonds. The fourth-order valence-corrected chi connectivity index (χ4v) is 4.54. The molecule has 0 radical (unpaired) electrons. The summed E-state index contributed by atoms with van der Waals surface area (Å²) in [6, 6.07) is 5.70. The van der Waals surface area contributed by atoms with E-state index >= 15 is 0 Å². The number of carbonyl (C=O) groups excluding carboxylic acids is 1. The van der Waals surface area contributed by atoms with Crippen molar-refractivity contribution in [2.24, 2.45) is 0 Å². The van der Waals surface area contributed by atoms with Crippen LogP contribution in [0.1, 0.15) is 28.9 Å². The minimum Gasteiger partial charge on any atom is -0.388 e. The SMILES string of the molecule is Cc1nc(-c2ccsc2)ccc1C(=O)NCC1(O)CCSCC1. The summed E-state index contributed by atoms with van der Waals surface area (Å²) in [5, 5.41) is 17.4. The van der Waals surface area contributed by atoms with Crippen LogP contribution in [-0.2, 0) is 0 Å². The normalized spacial score (nSPS) is 17.0. The molecule has 0 aromatic carbocycles. The monoisotopic (exact) mass is 348 g/mol. The topological polar surface area (TPSA) is 62.2 Å². The molecule has 1 aliphatic rings. The third-order valence-electron chi connectivity index (χ3n) is 4.15. The molecule has 2 aromatic heterocycles. The van der Waals surface area contributed by atoms with Crippen molar-refractivity contribution in [1.29, 1.82) is 0 Å². The fraction of sp³-hybridized carbons (Fsp3) is 0.412. The summed E-state index contributed by atoms with van der Waals surface area (Å²) in [6.45, 7) is 2.15. The lowest BCUT2D eigenvalue weighted by Crippen LogP contribution is -2.45. The van der Waals surface area contributed by atoms with E-state index < -0.39 is 5.60 Å². The van der Waals surface area contributed by atoms with E-state index in [9.17, 15) is 9.90 Å². The number of aliphatic hydroxyl groups is 1. The van der Waals surface area contributed by atoms with Crippen molar-refractivity contribution in [2.75, 3.05) is 18.1 Å². The molecule has 1 saturated heterocycles. The predicted molar refractivity (Wildman–Crippen MR) is 96.1 cm³/mol. The van der Waals surface area contributed by atoms with Gasteiger partial charge in [-0.3, -0.25) is 9.78 Å². The van der Waals surface area contributed by atoms with Crippen LogP contribution in [0.2, 0.25) is 0 Å². The summed E-state index contributed by atoms with van der Waals surface area (Å²) >= 11 is 3.47. The Morgan fingerprint density at radius 2 is 2.13 bits per heavy atom. The summed E-state index contributed by atoms with van der Waals surface area (Å²) in [7, 11) is 0. The number of thiophene rings is 1. The molecule has 1 aliphatic heterocycles. The van der Waals surface area contributed by atoms with Crippen LogP contribution in [0.5, 0.6) is 0 Å². The van der Waals surface area contributed by atoms with E-state index in [1.54, 1.807) is 11.3 Å². The Balaban J connectivity index is 1.67. The zero-order chi connectivity index (χ0) is 16.3. The summed E-state index contributed by atoms with van der Waals surface area (Å²) < 4.78 is 0. The minimum absolute atomic E-state index is 0.168. The molecule has 3 rings (SSSR count). The van der Waals surface area contributed by atoms with E-state index in [0.29, 0.717) is 17.8 Å². The van der Waals surface area contributed by atoms with Crippen LogP contribution in [0, 0.1) is 6.92 Å². The average Bonchev–Trinajstić information content (AvgIpc) is 3.08. The van der Waals surface area contributed by atoms with Crippen molar-refractivity contribution in [1.82, 2.24) is 10.3 Å². The second-order valence-electron chi connectivity index (χ2n) is 5.86. The highest BCUT2D eigenvalue weighted by Gasteiger charge is 2.30. The van der Waals surface area contributed by atoms with Gasteiger partial charge >= 0.3 is 0 Å². The van der Waals surface area contributed by atoms with E-state index in [-0.39, 0.29) is 5.91 Å². The number of hydrogen-bond donors (Lipinski definition) is 2. The summed E-state index contributed by atoms with van der Waals surface area (Å²) in [5.41, 5.74) is 2.45. The van der Waals surface area contributed by atoms with E-state index in [0.717, 1.165) is 35.6 Å². The predicted octanol–water partition coefficient (Wildman–Crippen LogP) is 3.11. The maximum Gasteiger partial charge on any atom is 0.253 e. The van der Waals surface area contributed by atoms with E-state index in [1.165, 1.54) is 0 Å². The van der Waals surface area contributed by atoms with Crippen LogP contribution in [0.15, 0.2) is 29.0 Å². The van der Waals surface area contributed by atoms with E-state index in [4.69, 9.17) is 0 Å². The summed E-state index contributed by atoms with van der Waals surface area (Å²) in [4.78, 5) is 16.9.